The number of nitrogens with zero attached hydrogens (tertiary/aromatic N) is 4. The third kappa shape index (κ3) is 3.73. The number of halogens is 5. The largest absolute Gasteiger partial charge is 0.433 e. The highest BCUT2D eigenvalue weighted by molar-refractivity contribution is 5.82. The highest BCUT2D eigenvalue weighted by Crippen LogP contribution is 2.66. The fourth-order valence-corrected chi connectivity index (χ4v) is 3.91. The van der Waals surface area contributed by atoms with Gasteiger partial charge >= 0.3 is 6.18 Å². The minimum Gasteiger partial charge on any atom is -0.349 e. The van der Waals surface area contributed by atoms with E-state index >= 15 is 0 Å². The van der Waals surface area contributed by atoms with Crippen LogP contribution in [-0.4, -0.2) is 51.3 Å². The van der Waals surface area contributed by atoms with Gasteiger partial charge in [-0.3, -0.25) is 14.7 Å². The van der Waals surface area contributed by atoms with Gasteiger partial charge in [0.05, 0.1) is 29.4 Å². The van der Waals surface area contributed by atoms with Crippen molar-refractivity contribution in [2.45, 2.75) is 37.5 Å². The summed E-state index contributed by atoms with van der Waals surface area (Å²) in [5.74, 6) is -3.08. The second-order valence-electron chi connectivity index (χ2n) is 7.84. The number of nitrogens with one attached hydrogen (secondary N) is 1. The quantitative estimate of drug-likeness (QED) is 0.760. The monoisotopic (exact) mass is 427 g/mol. The van der Waals surface area contributed by atoms with E-state index in [4.69, 9.17) is 0 Å². The van der Waals surface area contributed by atoms with Crippen molar-refractivity contribution in [1.82, 2.24) is 25.2 Å². The molecule has 30 heavy (non-hydrogen) atoms. The molecule has 0 radical (unpaired) electrons. The molecule has 2 fully saturated rings. The molecule has 4 rings (SSSR count). The minimum absolute atomic E-state index is 0.0378. The zero-order chi connectivity index (χ0) is 21.7. The Bertz CT molecular complexity index is 965. The van der Waals surface area contributed by atoms with Crippen molar-refractivity contribution in [3.8, 4) is 11.3 Å². The molecule has 1 aliphatic heterocycles. The highest BCUT2D eigenvalue weighted by Gasteiger charge is 2.74. The van der Waals surface area contributed by atoms with E-state index in [-0.39, 0.29) is 31.8 Å². The molecule has 1 N–H and O–H groups in total. The van der Waals surface area contributed by atoms with Gasteiger partial charge in [0, 0.05) is 24.7 Å². The molecule has 0 bridgehead atoms. The number of aromatic nitrogens is 3. The maximum absolute atomic E-state index is 13.6. The van der Waals surface area contributed by atoms with Crippen LogP contribution in [0.25, 0.3) is 11.3 Å². The van der Waals surface area contributed by atoms with E-state index < -0.39 is 29.2 Å². The average Bonchev–Trinajstić information content (AvgIpc) is 3.03. The summed E-state index contributed by atoms with van der Waals surface area (Å²) >= 11 is 0. The molecule has 1 spiro atoms. The molecule has 6 nitrogen and oxygen atoms in total. The van der Waals surface area contributed by atoms with Crippen molar-refractivity contribution >= 4 is 5.91 Å². The highest BCUT2D eigenvalue weighted by atomic mass is 19.4. The summed E-state index contributed by atoms with van der Waals surface area (Å²) in [5, 5.41) is 2.69. The van der Waals surface area contributed by atoms with Gasteiger partial charge in [-0.05, 0) is 31.7 Å². The molecular weight excluding hydrogens is 409 g/mol. The molecule has 160 valence electrons. The van der Waals surface area contributed by atoms with Crippen LogP contribution in [0.3, 0.4) is 0 Å². The molecule has 1 saturated carbocycles. The van der Waals surface area contributed by atoms with Crippen molar-refractivity contribution in [2.24, 2.45) is 5.41 Å². The number of amides is 1. The average molecular weight is 427 g/mol. The third-order valence-electron chi connectivity index (χ3n) is 5.70. The molecule has 1 amide bonds. The first kappa shape index (κ1) is 20.6. The van der Waals surface area contributed by atoms with Gasteiger partial charge in [0.2, 0.25) is 5.91 Å². The van der Waals surface area contributed by atoms with Crippen molar-refractivity contribution in [3.63, 3.8) is 0 Å². The molecule has 1 aliphatic carbocycles. The Labute approximate surface area is 168 Å². The van der Waals surface area contributed by atoms with Crippen LogP contribution in [0.4, 0.5) is 22.0 Å². The number of carbonyl (C=O) groups excluding carboxylic acids is 1. The fourth-order valence-electron chi connectivity index (χ4n) is 3.91. The first-order valence-corrected chi connectivity index (χ1v) is 9.21. The summed E-state index contributed by atoms with van der Waals surface area (Å²) < 4.78 is 65.1. The molecule has 11 heteroatoms. The van der Waals surface area contributed by atoms with Crippen molar-refractivity contribution in [1.29, 1.82) is 0 Å². The summed E-state index contributed by atoms with van der Waals surface area (Å²) in [6.07, 6.45) is -2.32. The lowest BCUT2D eigenvalue weighted by Crippen LogP contribution is -2.41. The fraction of sp³-hybridized carbons (Fsp3) is 0.474. The first-order chi connectivity index (χ1) is 14.0. The standard InChI is InChI=1S/C19H18F5N5O/c1-29-9-17(8-18(17,20)21)5-14(29)16(30)26-7-12-4-13(28-10-27-12)11-2-3-15(25-6-11)19(22,23)24/h2-4,6,10,14H,5,7-9H2,1H3,(H,26,30). The minimum atomic E-state index is -4.53. The summed E-state index contributed by atoms with van der Waals surface area (Å²) in [7, 11) is 1.65. The smallest absolute Gasteiger partial charge is 0.349 e. The number of pyridine rings is 1. The molecule has 2 aromatic heterocycles. The van der Waals surface area contributed by atoms with Crippen LogP contribution < -0.4 is 5.32 Å². The van der Waals surface area contributed by atoms with E-state index in [1.165, 1.54) is 18.5 Å². The van der Waals surface area contributed by atoms with E-state index in [9.17, 15) is 26.7 Å². The predicted octanol–water partition coefficient (Wildman–Crippen LogP) is 2.90. The SMILES string of the molecule is CN1CC2(CC1C(=O)NCc1cc(-c3ccc(C(F)(F)F)nc3)ncn1)CC2(F)F. The van der Waals surface area contributed by atoms with Gasteiger partial charge in [-0.15, -0.1) is 0 Å². The Morgan fingerprint density at radius 1 is 1.27 bits per heavy atom. The third-order valence-corrected chi connectivity index (χ3v) is 5.70. The molecule has 1 saturated heterocycles. The molecule has 2 unspecified atom stereocenters. The van der Waals surface area contributed by atoms with Gasteiger partial charge in [-0.25, -0.2) is 18.7 Å². The Kier molecular flexibility index (Phi) is 4.75. The van der Waals surface area contributed by atoms with E-state index in [1.807, 2.05) is 0 Å². The van der Waals surface area contributed by atoms with Crippen LogP contribution in [0.15, 0.2) is 30.7 Å². The van der Waals surface area contributed by atoms with Crippen LogP contribution in [0, 0.1) is 5.41 Å². The van der Waals surface area contributed by atoms with Crippen molar-refractivity contribution in [3.05, 3.63) is 42.1 Å². The van der Waals surface area contributed by atoms with Crippen LogP contribution in [0.2, 0.25) is 0 Å². The number of rotatable bonds is 4. The van der Waals surface area contributed by atoms with Gasteiger partial charge in [0.15, 0.2) is 0 Å². The van der Waals surface area contributed by atoms with Crippen molar-refractivity contribution < 1.29 is 26.7 Å². The Hall–Kier alpha value is -2.69. The Balaban J connectivity index is 1.40. The van der Waals surface area contributed by atoms with Gasteiger partial charge in [-0.1, -0.05) is 0 Å². The first-order valence-electron chi connectivity index (χ1n) is 9.21. The number of hydrogen-bond donors (Lipinski definition) is 1. The van der Waals surface area contributed by atoms with Crippen LogP contribution in [0.5, 0.6) is 0 Å². The molecule has 2 aromatic rings. The number of carbonyl (C=O) groups is 1. The molecule has 3 heterocycles. The summed E-state index contributed by atoms with van der Waals surface area (Å²) in [6, 6.07) is 3.00. The van der Waals surface area contributed by atoms with Crippen molar-refractivity contribution in [2.75, 3.05) is 13.6 Å². The van der Waals surface area contributed by atoms with E-state index in [0.29, 0.717) is 17.0 Å². The molecule has 2 aliphatic rings. The van der Waals surface area contributed by atoms with Gasteiger partial charge in [0.25, 0.3) is 5.92 Å². The zero-order valence-corrected chi connectivity index (χ0v) is 15.9. The summed E-state index contributed by atoms with van der Waals surface area (Å²) in [5.41, 5.74) is -0.953. The Morgan fingerprint density at radius 3 is 2.57 bits per heavy atom. The topological polar surface area (TPSA) is 71.0 Å². The summed E-state index contributed by atoms with van der Waals surface area (Å²) in [6.45, 7) is 0.215. The number of alkyl halides is 5. The zero-order valence-electron chi connectivity index (χ0n) is 15.9. The molecule has 0 aromatic carbocycles. The van der Waals surface area contributed by atoms with Gasteiger partial charge in [-0.2, -0.15) is 13.2 Å². The Morgan fingerprint density at radius 2 is 2.00 bits per heavy atom. The van der Waals surface area contributed by atoms with Crippen LogP contribution in [-0.2, 0) is 17.5 Å². The lowest BCUT2D eigenvalue weighted by Gasteiger charge is -2.18. The number of likely N-dealkylation sites (tertiary alicyclic amines) is 1. The normalized spacial score (nSPS) is 25.5. The van der Waals surface area contributed by atoms with E-state index in [1.54, 1.807) is 11.9 Å². The second kappa shape index (κ2) is 6.93. The van der Waals surface area contributed by atoms with Crippen LogP contribution >= 0.6 is 0 Å². The molecule has 2 atom stereocenters. The lowest BCUT2D eigenvalue weighted by molar-refractivity contribution is -0.141. The maximum Gasteiger partial charge on any atom is 0.433 e. The number of likely N-dealkylation sites (N-methyl/N-ethyl adjacent to an activating group) is 1. The predicted molar refractivity (Wildman–Crippen MR) is 95.1 cm³/mol. The molecular formula is C19H18F5N5O. The maximum atomic E-state index is 13.6. The number of hydrogen-bond acceptors (Lipinski definition) is 5. The lowest BCUT2D eigenvalue weighted by atomic mass is 10.0. The van der Waals surface area contributed by atoms with Gasteiger partial charge < -0.3 is 5.32 Å². The van der Waals surface area contributed by atoms with Gasteiger partial charge in [0.1, 0.15) is 12.0 Å². The van der Waals surface area contributed by atoms with E-state index in [0.717, 1.165) is 12.3 Å². The summed E-state index contributed by atoms with van der Waals surface area (Å²) in [4.78, 5) is 25.6. The van der Waals surface area contributed by atoms with E-state index in [2.05, 4.69) is 20.3 Å². The van der Waals surface area contributed by atoms with Crippen LogP contribution in [0.1, 0.15) is 24.2 Å². The second-order valence-corrected chi connectivity index (χ2v) is 7.84.